The van der Waals surface area contributed by atoms with Crippen LogP contribution < -0.4 is 5.56 Å². The summed E-state index contributed by atoms with van der Waals surface area (Å²) < 4.78 is 1.74. The number of nitrogens with one attached hydrogen (secondary N) is 1. The second kappa shape index (κ2) is 3.40. The van der Waals surface area contributed by atoms with E-state index in [9.17, 15) is 4.79 Å². The van der Waals surface area contributed by atoms with Crippen molar-refractivity contribution in [3.05, 3.63) is 22.1 Å². The van der Waals surface area contributed by atoms with Crippen LogP contribution in [0.1, 0.15) is 31.4 Å². The van der Waals surface area contributed by atoms with Gasteiger partial charge in [0, 0.05) is 18.3 Å². The van der Waals surface area contributed by atoms with Gasteiger partial charge in [0.2, 0.25) is 0 Å². The molecule has 13 heavy (non-hydrogen) atoms. The smallest absolute Gasteiger partial charge is 0.266 e. The Morgan fingerprint density at radius 1 is 1.54 bits per heavy atom. The summed E-state index contributed by atoms with van der Waals surface area (Å²) >= 11 is 0. The molecule has 1 aliphatic rings. The van der Waals surface area contributed by atoms with Gasteiger partial charge in [-0.2, -0.15) is 0 Å². The van der Waals surface area contributed by atoms with E-state index in [-0.39, 0.29) is 5.56 Å². The molecule has 3 nitrogen and oxygen atoms in total. The molecule has 0 unspecified atom stereocenters. The molecule has 0 aromatic carbocycles. The van der Waals surface area contributed by atoms with Crippen molar-refractivity contribution in [1.82, 2.24) is 9.78 Å². The molecule has 0 bridgehead atoms. The second-order valence-corrected chi connectivity index (χ2v) is 4.04. The van der Waals surface area contributed by atoms with Gasteiger partial charge in [0.1, 0.15) is 0 Å². The van der Waals surface area contributed by atoms with Gasteiger partial charge in [-0.1, -0.05) is 12.8 Å². The van der Waals surface area contributed by atoms with Crippen LogP contribution in [0.5, 0.6) is 0 Å². The largest absolute Gasteiger partial charge is 0.300 e. The standard InChI is InChI=1S/C10H16N2O/c1-8-6-10(13)12(11-8)7-9-4-2-3-5-9/h6,9,11H,2-5,7H2,1H3. The minimum Gasteiger partial charge on any atom is -0.300 e. The van der Waals surface area contributed by atoms with E-state index < -0.39 is 0 Å². The first-order valence-electron chi connectivity index (χ1n) is 5.02. The molecule has 0 radical (unpaired) electrons. The highest BCUT2D eigenvalue weighted by molar-refractivity contribution is 4.95. The maximum atomic E-state index is 11.4. The van der Waals surface area contributed by atoms with Gasteiger partial charge >= 0.3 is 0 Å². The van der Waals surface area contributed by atoms with Crippen molar-refractivity contribution < 1.29 is 0 Å². The van der Waals surface area contributed by atoms with Gasteiger partial charge in [0.05, 0.1) is 0 Å². The minimum atomic E-state index is 0.115. The molecule has 0 amide bonds. The first-order valence-corrected chi connectivity index (χ1v) is 5.02. The highest BCUT2D eigenvalue weighted by Crippen LogP contribution is 2.25. The maximum absolute atomic E-state index is 11.4. The molecule has 1 saturated carbocycles. The van der Waals surface area contributed by atoms with E-state index in [2.05, 4.69) is 5.10 Å². The van der Waals surface area contributed by atoms with Crippen molar-refractivity contribution in [2.75, 3.05) is 0 Å². The van der Waals surface area contributed by atoms with E-state index in [0.29, 0.717) is 0 Å². The monoisotopic (exact) mass is 180 g/mol. The molecule has 1 aliphatic carbocycles. The fourth-order valence-corrected chi connectivity index (χ4v) is 2.15. The number of aryl methyl sites for hydroxylation is 1. The number of H-pyrrole nitrogens is 1. The number of aromatic nitrogens is 2. The van der Waals surface area contributed by atoms with Crippen LogP contribution in [0.15, 0.2) is 10.9 Å². The predicted octanol–water partition coefficient (Wildman–Crippen LogP) is 1.68. The summed E-state index contributed by atoms with van der Waals surface area (Å²) in [6, 6.07) is 1.66. The maximum Gasteiger partial charge on any atom is 0.266 e. The van der Waals surface area contributed by atoms with Crippen LogP contribution in [-0.2, 0) is 6.54 Å². The molecule has 0 atom stereocenters. The Kier molecular flexibility index (Phi) is 2.25. The highest BCUT2D eigenvalue weighted by atomic mass is 16.1. The van der Waals surface area contributed by atoms with Crippen LogP contribution in [0.2, 0.25) is 0 Å². The summed E-state index contributed by atoms with van der Waals surface area (Å²) in [6.07, 6.45) is 5.23. The van der Waals surface area contributed by atoms with Crippen LogP contribution >= 0.6 is 0 Å². The van der Waals surface area contributed by atoms with Gasteiger partial charge in [0.25, 0.3) is 5.56 Å². The van der Waals surface area contributed by atoms with Crippen LogP contribution in [0.3, 0.4) is 0 Å². The van der Waals surface area contributed by atoms with Crippen molar-refractivity contribution in [3.63, 3.8) is 0 Å². The lowest BCUT2D eigenvalue weighted by atomic mass is 10.1. The summed E-state index contributed by atoms with van der Waals surface area (Å²) in [4.78, 5) is 11.4. The van der Waals surface area contributed by atoms with Gasteiger partial charge in [-0.15, -0.1) is 0 Å². The molecular formula is C10H16N2O. The molecule has 0 saturated heterocycles. The molecule has 0 spiro atoms. The highest BCUT2D eigenvalue weighted by Gasteiger charge is 2.16. The first kappa shape index (κ1) is 8.60. The van der Waals surface area contributed by atoms with Crippen LogP contribution in [0.25, 0.3) is 0 Å². The Hall–Kier alpha value is -0.990. The average Bonchev–Trinajstić information content (AvgIpc) is 2.63. The molecule has 2 rings (SSSR count). The molecular weight excluding hydrogens is 164 g/mol. The van der Waals surface area contributed by atoms with E-state index in [1.807, 2.05) is 6.92 Å². The SMILES string of the molecule is Cc1cc(=O)n(CC2CCCC2)[nH]1. The third-order valence-electron chi connectivity index (χ3n) is 2.83. The van der Waals surface area contributed by atoms with E-state index in [1.165, 1.54) is 25.7 Å². The minimum absolute atomic E-state index is 0.115. The molecule has 1 heterocycles. The van der Waals surface area contributed by atoms with Crippen LogP contribution in [0.4, 0.5) is 0 Å². The molecule has 1 N–H and O–H groups in total. The third kappa shape index (κ3) is 1.85. The van der Waals surface area contributed by atoms with Crippen molar-refractivity contribution in [2.24, 2.45) is 5.92 Å². The number of hydrogen-bond acceptors (Lipinski definition) is 1. The molecule has 1 aromatic heterocycles. The first-order chi connectivity index (χ1) is 6.25. The Bertz CT molecular complexity index is 331. The van der Waals surface area contributed by atoms with E-state index >= 15 is 0 Å². The van der Waals surface area contributed by atoms with Gasteiger partial charge in [-0.25, -0.2) is 0 Å². The normalized spacial score (nSPS) is 18.2. The van der Waals surface area contributed by atoms with Crippen molar-refractivity contribution in [1.29, 1.82) is 0 Å². The Morgan fingerprint density at radius 2 is 2.23 bits per heavy atom. The zero-order chi connectivity index (χ0) is 9.26. The Morgan fingerprint density at radius 3 is 2.77 bits per heavy atom. The predicted molar refractivity (Wildman–Crippen MR) is 51.7 cm³/mol. The summed E-state index contributed by atoms with van der Waals surface area (Å²) in [5.74, 6) is 0.718. The molecule has 72 valence electrons. The molecule has 1 fully saturated rings. The molecule has 0 aliphatic heterocycles. The summed E-state index contributed by atoms with van der Waals surface area (Å²) in [5, 5.41) is 3.08. The third-order valence-corrected chi connectivity index (χ3v) is 2.83. The average molecular weight is 180 g/mol. The zero-order valence-electron chi connectivity index (χ0n) is 8.05. The number of nitrogens with zero attached hydrogens (tertiary/aromatic N) is 1. The summed E-state index contributed by atoms with van der Waals surface area (Å²) in [6.45, 7) is 2.80. The van der Waals surface area contributed by atoms with Crippen LogP contribution in [-0.4, -0.2) is 9.78 Å². The van der Waals surface area contributed by atoms with E-state index in [4.69, 9.17) is 0 Å². The number of rotatable bonds is 2. The van der Waals surface area contributed by atoms with Crippen LogP contribution in [0, 0.1) is 12.8 Å². The van der Waals surface area contributed by atoms with Gasteiger partial charge in [-0.3, -0.25) is 14.6 Å². The van der Waals surface area contributed by atoms with Gasteiger partial charge in [-0.05, 0) is 25.7 Å². The summed E-state index contributed by atoms with van der Waals surface area (Å²) in [7, 11) is 0. The lowest BCUT2D eigenvalue weighted by molar-refractivity contribution is 0.420. The van der Waals surface area contributed by atoms with Gasteiger partial charge < -0.3 is 0 Å². The fraction of sp³-hybridized carbons (Fsp3) is 0.700. The summed E-state index contributed by atoms with van der Waals surface area (Å²) in [5.41, 5.74) is 1.08. The zero-order valence-corrected chi connectivity index (χ0v) is 8.05. The van der Waals surface area contributed by atoms with E-state index in [0.717, 1.165) is 18.2 Å². The second-order valence-electron chi connectivity index (χ2n) is 4.04. The Balaban J connectivity index is 2.08. The lowest BCUT2D eigenvalue weighted by Gasteiger charge is -2.08. The lowest BCUT2D eigenvalue weighted by Crippen LogP contribution is -2.20. The van der Waals surface area contributed by atoms with Gasteiger partial charge in [0.15, 0.2) is 0 Å². The van der Waals surface area contributed by atoms with Crippen molar-refractivity contribution in [3.8, 4) is 0 Å². The van der Waals surface area contributed by atoms with E-state index in [1.54, 1.807) is 10.7 Å². The fourth-order valence-electron chi connectivity index (χ4n) is 2.15. The van der Waals surface area contributed by atoms with Crippen molar-refractivity contribution in [2.45, 2.75) is 39.2 Å². The topological polar surface area (TPSA) is 37.8 Å². The number of aromatic amines is 1. The Labute approximate surface area is 77.7 Å². The number of hydrogen-bond donors (Lipinski definition) is 1. The van der Waals surface area contributed by atoms with Crippen molar-refractivity contribution >= 4 is 0 Å². The molecule has 3 heteroatoms. The quantitative estimate of drug-likeness (QED) is 0.738. The molecule has 1 aromatic rings.